The number of amides is 2. The van der Waals surface area contributed by atoms with Crippen LogP contribution < -0.4 is 11.1 Å². The van der Waals surface area contributed by atoms with Gasteiger partial charge in [-0.15, -0.1) is 11.8 Å². The summed E-state index contributed by atoms with van der Waals surface area (Å²) in [6.45, 7) is 6.46. The first-order valence-corrected chi connectivity index (χ1v) is 10.7. The Labute approximate surface area is 171 Å². The number of rotatable bonds is 10. The zero-order valence-electron chi connectivity index (χ0n) is 16.9. The molecule has 6 nitrogen and oxygen atoms in total. The fourth-order valence-corrected chi connectivity index (χ4v) is 4.83. The number of hydrogen-bond acceptors (Lipinski definition) is 5. The Hall–Kier alpha value is -2.02. The van der Waals surface area contributed by atoms with Crippen molar-refractivity contribution < 1.29 is 14.3 Å². The summed E-state index contributed by atoms with van der Waals surface area (Å²) in [5, 5.41) is 4.06. The van der Waals surface area contributed by atoms with Crippen molar-refractivity contribution in [3.63, 3.8) is 0 Å². The molecule has 2 amide bonds. The van der Waals surface area contributed by atoms with Gasteiger partial charge >= 0.3 is 6.09 Å². The van der Waals surface area contributed by atoms with E-state index in [0.717, 1.165) is 36.4 Å². The van der Waals surface area contributed by atoms with Crippen LogP contribution in [0.25, 0.3) is 0 Å². The molecule has 0 fully saturated rings. The minimum atomic E-state index is -0.770. The third-order valence-electron chi connectivity index (χ3n) is 4.59. The Morgan fingerprint density at radius 2 is 2.04 bits per heavy atom. The Morgan fingerprint density at radius 1 is 1.32 bits per heavy atom. The SMILES string of the molecule is CCCCC[C@@H](C(=O)Nc1ccccc1)C1=NCC(CC(C)(C)OC(N)=O)S1. The first-order chi connectivity index (χ1) is 13.3. The van der Waals surface area contributed by atoms with E-state index in [1.165, 1.54) is 0 Å². The molecule has 28 heavy (non-hydrogen) atoms. The quantitative estimate of drug-likeness (QED) is 0.556. The molecule has 3 N–H and O–H groups in total. The number of nitrogens with one attached hydrogen (secondary N) is 1. The molecule has 0 saturated heterocycles. The summed E-state index contributed by atoms with van der Waals surface area (Å²) >= 11 is 1.63. The number of para-hydroxylation sites is 1. The van der Waals surface area contributed by atoms with Gasteiger partial charge in [0.15, 0.2) is 0 Å². The fraction of sp³-hybridized carbons (Fsp3) is 0.571. The fourth-order valence-electron chi connectivity index (χ4n) is 3.31. The van der Waals surface area contributed by atoms with Gasteiger partial charge in [-0.1, -0.05) is 44.4 Å². The molecule has 2 atom stereocenters. The molecule has 0 spiro atoms. The Balaban J connectivity index is 2.01. The Kier molecular flexibility index (Phi) is 8.35. The van der Waals surface area contributed by atoms with Gasteiger partial charge in [0.25, 0.3) is 0 Å². The van der Waals surface area contributed by atoms with Crippen LogP contribution >= 0.6 is 11.8 Å². The molecule has 1 aromatic rings. The van der Waals surface area contributed by atoms with E-state index in [9.17, 15) is 9.59 Å². The van der Waals surface area contributed by atoms with Crippen LogP contribution in [-0.4, -0.2) is 34.4 Å². The molecule has 1 aromatic carbocycles. The molecule has 0 bridgehead atoms. The van der Waals surface area contributed by atoms with E-state index < -0.39 is 11.7 Å². The lowest BCUT2D eigenvalue weighted by molar-refractivity contribution is -0.118. The molecule has 0 radical (unpaired) electrons. The summed E-state index contributed by atoms with van der Waals surface area (Å²) in [5.74, 6) is -0.260. The van der Waals surface area contributed by atoms with Crippen molar-refractivity contribution in [2.45, 2.75) is 63.7 Å². The standard InChI is InChI=1S/C21H31N3O3S/c1-4-5-7-12-17(18(25)24-15-10-8-6-9-11-15)19-23-14-16(28-19)13-21(2,3)27-20(22)26/h6,8-11,16-17H,4-5,7,12-14H2,1-3H3,(H2,22,26)(H,24,25)/t16?,17-/m0/s1. The van der Waals surface area contributed by atoms with Crippen LogP contribution in [0.15, 0.2) is 35.3 Å². The number of anilines is 1. The Morgan fingerprint density at radius 3 is 2.68 bits per heavy atom. The van der Waals surface area contributed by atoms with E-state index >= 15 is 0 Å². The van der Waals surface area contributed by atoms with Crippen molar-refractivity contribution in [2.75, 3.05) is 11.9 Å². The number of carbonyl (C=O) groups excluding carboxylic acids is 2. The molecule has 0 aromatic heterocycles. The molecular weight excluding hydrogens is 374 g/mol. The minimum absolute atomic E-state index is 0.0122. The molecule has 0 aliphatic carbocycles. The Bertz CT molecular complexity index is 691. The molecule has 1 aliphatic heterocycles. The molecule has 0 saturated carbocycles. The zero-order valence-corrected chi connectivity index (χ0v) is 17.8. The molecule has 1 aliphatic rings. The number of thioether (sulfide) groups is 1. The third kappa shape index (κ3) is 7.19. The molecule has 1 heterocycles. The summed E-state index contributed by atoms with van der Waals surface area (Å²) in [6, 6.07) is 9.50. The van der Waals surface area contributed by atoms with Gasteiger partial charge in [-0.05, 0) is 32.4 Å². The smallest absolute Gasteiger partial charge is 0.405 e. The van der Waals surface area contributed by atoms with E-state index in [4.69, 9.17) is 10.5 Å². The van der Waals surface area contributed by atoms with Crippen molar-refractivity contribution in [1.29, 1.82) is 0 Å². The largest absolute Gasteiger partial charge is 0.444 e. The van der Waals surface area contributed by atoms with E-state index in [1.807, 2.05) is 44.2 Å². The van der Waals surface area contributed by atoms with Gasteiger partial charge in [0.05, 0.1) is 17.5 Å². The lowest BCUT2D eigenvalue weighted by atomic mass is 10.0. The maximum atomic E-state index is 12.9. The summed E-state index contributed by atoms with van der Waals surface area (Å²) < 4.78 is 5.20. The number of hydrogen-bond donors (Lipinski definition) is 2. The number of ether oxygens (including phenoxy) is 1. The van der Waals surface area contributed by atoms with E-state index in [0.29, 0.717) is 13.0 Å². The van der Waals surface area contributed by atoms with Gasteiger partial charge in [-0.3, -0.25) is 9.79 Å². The second kappa shape index (κ2) is 10.5. The number of primary amides is 1. The number of nitrogens with zero attached hydrogens (tertiary/aromatic N) is 1. The first kappa shape index (κ1) is 22.3. The van der Waals surface area contributed by atoms with Crippen LogP contribution in [0.4, 0.5) is 10.5 Å². The van der Waals surface area contributed by atoms with Gasteiger partial charge < -0.3 is 15.8 Å². The maximum absolute atomic E-state index is 12.9. The van der Waals surface area contributed by atoms with Crippen molar-refractivity contribution in [3.8, 4) is 0 Å². The molecule has 1 unspecified atom stereocenters. The highest BCUT2D eigenvalue weighted by Gasteiger charge is 2.34. The van der Waals surface area contributed by atoms with Crippen LogP contribution in [0.1, 0.15) is 52.9 Å². The van der Waals surface area contributed by atoms with Crippen molar-refractivity contribution in [2.24, 2.45) is 16.6 Å². The van der Waals surface area contributed by atoms with Gasteiger partial charge in [-0.25, -0.2) is 4.79 Å². The van der Waals surface area contributed by atoms with Gasteiger partial charge in [-0.2, -0.15) is 0 Å². The van der Waals surface area contributed by atoms with Crippen molar-refractivity contribution in [3.05, 3.63) is 30.3 Å². The van der Waals surface area contributed by atoms with Crippen molar-refractivity contribution in [1.82, 2.24) is 0 Å². The summed E-state index contributed by atoms with van der Waals surface area (Å²) in [5.41, 5.74) is 5.30. The highest BCUT2D eigenvalue weighted by Crippen LogP contribution is 2.34. The van der Waals surface area contributed by atoms with Crippen LogP contribution in [0.5, 0.6) is 0 Å². The third-order valence-corrected chi connectivity index (χ3v) is 5.89. The first-order valence-electron chi connectivity index (χ1n) is 9.86. The predicted octanol–water partition coefficient (Wildman–Crippen LogP) is 4.60. The summed E-state index contributed by atoms with van der Waals surface area (Å²) in [6.07, 6.45) is 3.84. The summed E-state index contributed by atoms with van der Waals surface area (Å²) in [7, 11) is 0. The highest BCUT2D eigenvalue weighted by molar-refractivity contribution is 8.14. The lowest BCUT2D eigenvalue weighted by Gasteiger charge is -2.26. The highest BCUT2D eigenvalue weighted by atomic mass is 32.2. The minimum Gasteiger partial charge on any atom is -0.444 e. The number of unbranched alkanes of at least 4 members (excludes halogenated alkanes) is 2. The van der Waals surface area contributed by atoms with Gasteiger partial charge in [0.2, 0.25) is 5.91 Å². The lowest BCUT2D eigenvalue weighted by Crippen LogP contribution is -2.34. The monoisotopic (exact) mass is 405 g/mol. The van der Waals surface area contributed by atoms with Crippen molar-refractivity contribution >= 4 is 34.5 Å². The van der Waals surface area contributed by atoms with Crippen LogP contribution in [0.3, 0.4) is 0 Å². The molecule has 2 rings (SSSR count). The van der Waals surface area contributed by atoms with E-state index in [2.05, 4.69) is 17.2 Å². The maximum Gasteiger partial charge on any atom is 0.405 e. The molecular formula is C21H31N3O3S. The van der Waals surface area contributed by atoms with Crippen LogP contribution in [0, 0.1) is 5.92 Å². The topological polar surface area (TPSA) is 93.8 Å². The van der Waals surface area contributed by atoms with Gasteiger partial charge in [0, 0.05) is 17.4 Å². The number of aliphatic imine (C=N–C) groups is 1. The van der Waals surface area contributed by atoms with Crippen LogP contribution in [-0.2, 0) is 9.53 Å². The predicted molar refractivity (Wildman–Crippen MR) is 116 cm³/mol. The number of benzene rings is 1. The molecule has 154 valence electrons. The average molecular weight is 406 g/mol. The number of carbonyl (C=O) groups is 2. The molecule has 7 heteroatoms. The van der Waals surface area contributed by atoms with E-state index in [-0.39, 0.29) is 17.1 Å². The normalized spacial score (nSPS) is 17.7. The zero-order chi connectivity index (χ0) is 20.6. The number of nitrogens with two attached hydrogens (primary N) is 1. The second-order valence-electron chi connectivity index (χ2n) is 7.71. The van der Waals surface area contributed by atoms with Crippen LogP contribution in [0.2, 0.25) is 0 Å². The average Bonchev–Trinajstić information content (AvgIpc) is 3.05. The van der Waals surface area contributed by atoms with Gasteiger partial charge in [0.1, 0.15) is 5.60 Å². The van der Waals surface area contributed by atoms with E-state index in [1.54, 1.807) is 11.8 Å². The second-order valence-corrected chi connectivity index (χ2v) is 9.03. The summed E-state index contributed by atoms with van der Waals surface area (Å²) in [4.78, 5) is 28.7.